The summed E-state index contributed by atoms with van der Waals surface area (Å²) in [5.74, 6) is 0. The van der Waals surface area contributed by atoms with Crippen LogP contribution in [0.2, 0.25) is 0 Å². The lowest BCUT2D eigenvalue weighted by Gasteiger charge is -2.42. The second-order valence-corrected chi connectivity index (χ2v) is 7.68. The van der Waals surface area contributed by atoms with Gasteiger partial charge in [-0.1, -0.05) is 30.3 Å². The van der Waals surface area contributed by atoms with Crippen LogP contribution in [0.4, 0.5) is 4.79 Å². The maximum Gasteiger partial charge on any atom is 0.410 e. The van der Waals surface area contributed by atoms with Crippen LogP contribution in [0.15, 0.2) is 30.3 Å². The summed E-state index contributed by atoms with van der Waals surface area (Å²) < 4.78 is 10.8. The fourth-order valence-corrected chi connectivity index (χ4v) is 3.18. The number of nitrogens with zero attached hydrogens (tertiary/aromatic N) is 2. The molecule has 0 bridgehead atoms. The van der Waals surface area contributed by atoms with E-state index in [1.54, 1.807) is 7.11 Å². The van der Waals surface area contributed by atoms with Crippen molar-refractivity contribution in [1.82, 2.24) is 9.80 Å². The molecule has 1 unspecified atom stereocenters. The average Bonchev–Trinajstić information content (AvgIpc) is 2.54. The molecular weight excluding hydrogens is 316 g/mol. The molecule has 0 radical (unpaired) electrons. The van der Waals surface area contributed by atoms with Crippen molar-refractivity contribution >= 4 is 6.09 Å². The van der Waals surface area contributed by atoms with Gasteiger partial charge in [-0.15, -0.1) is 0 Å². The molecule has 1 aromatic rings. The summed E-state index contributed by atoms with van der Waals surface area (Å²) in [7, 11) is 1.72. The molecule has 0 aromatic heterocycles. The zero-order chi connectivity index (χ0) is 18.3. The number of hydrogen-bond donors (Lipinski definition) is 0. The largest absolute Gasteiger partial charge is 0.444 e. The van der Waals surface area contributed by atoms with Crippen molar-refractivity contribution in [3.05, 3.63) is 35.9 Å². The lowest BCUT2D eigenvalue weighted by Crippen LogP contribution is -2.55. The van der Waals surface area contributed by atoms with Gasteiger partial charge in [0.15, 0.2) is 0 Å². The van der Waals surface area contributed by atoms with Gasteiger partial charge in [-0.2, -0.15) is 0 Å². The van der Waals surface area contributed by atoms with Gasteiger partial charge in [0.2, 0.25) is 0 Å². The topological polar surface area (TPSA) is 42.0 Å². The van der Waals surface area contributed by atoms with Crippen molar-refractivity contribution in [1.29, 1.82) is 0 Å². The minimum atomic E-state index is -0.463. The maximum atomic E-state index is 12.6. The van der Waals surface area contributed by atoms with E-state index in [0.29, 0.717) is 6.54 Å². The molecule has 0 aliphatic carbocycles. The van der Waals surface area contributed by atoms with Crippen LogP contribution < -0.4 is 0 Å². The Labute approximate surface area is 151 Å². The Kier molecular flexibility index (Phi) is 7.26. The molecule has 1 aliphatic heterocycles. The van der Waals surface area contributed by atoms with E-state index in [1.807, 2.05) is 31.7 Å². The van der Waals surface area contributed by atoms with Crippen LogP contribution in [0.3, 0.4) is 0 Å². The van der Waals surface area contributed by atoms with Crippen molar-refractivity contribution < 1.29 is 14.3 Å². The molecule has 0 spiro atoms. The smallest absolute Gasteiger partial charge is 0.410 e. The normalized spacial score (nSPS) is 19.0. The highest BCUT2D eigenvalue weighted by Gasteiger charge is 2.32. The van der Waals surface area contributed by atoms with Crippen LogP contribution in [-0.4, -0.2) is 60.9 Å². The van der Waals surface area contributed by atoms with E-state index in [0.717, 1.165) is 39.1 Å². The minimum Gasteiger partial charge on any atom is -0.444 e. The quantitative estimate of drug-likeness (QED) is 0.738. The third kappa shape index (κ3) is 6.67. The molecule has 5 heteroatoms. The number of methoxy groups -OCH3 is 1. The van der Waals surface area contributed by atoms with Gasteiger partial charge in [0.25, 0.3) is 0 Å². The van der Waals surface area contributed by atoms with Crippen molar-refractivity contribution in [2.24, 2.45) is 0 Å². The number of benzene rings is 1. The molecule has 1 atom stereocenters. The third-order valence-electron chi connectivity index (χ3n) is 4.33. The monoisotopic (exact) mass is 348 g/mol. The molecule has 1 heterocycles. The van der Waals surface area contributed by atoms with Crippen molar-refractivity contribution in [2.75, 3.05) is 33.4 Å². The van der Waals surface area contributed by atoms with Crippen LogP contribution in [0.25, 0.3) is 0 Å². The van der Waals surface area contributed by atoms with Gasteiger partial charge in [0.05, 0.1) is 0 Å². The molecule has 1 amide bonds. The van der Waals surface area contributed by atoms with E-state index < -0.39 is 5.60 Å². The minimum absolute atomic E-state index is 0.169. The Bertz CT molecular complexity index is 527. The molecule has 1 fully saturated rings. The van der Waals surface area contributed by atoms with Crippen LogP contribution in [-0.2, 0) is 16.0 Å². The Morgan fingerprint density at radius 2 is 1.92 bits per heavy atom. The van der Waals surface area contributed by atoms with E-state index in [4.69, 9.17) is 9.47 Å². The molecule has 25 heavy (non-hydrogen) atoms. The van der Waals surface area contributed by atoms with E-state index >= 15 is 0 Å². The first-order valence-corrected chi connectivity index (χ1v) is 9.14. The van der Waals surface area contributed by atoms with Gasteiger partial charge in [-0.3, -0.25) is 4.90 Å². The SMILES string of the molecule is COCCCC1CN(Cc2ccccc2)CCN1C(=O)OC(C)(C)C. The van der Waals surface area contributed by atoms with Crippen molar-refractivity contribution in [3.8, 4) is 0 Å². The van der Waals surface area contributed by atoms with Gasteiger partial charge in [-0.05, 0) is 39.2 Å². The summed E-state index contributed by atoms with van der Waals surface area (Å²) in [5, 5.41) is 0. The highest BCUT2D eigenvalue weighted by Crippen LogP contribution is 2.20. The number of hydrogen-bond acceptors (Lipinski definition) is 4. The molecule has 1 aliphatic rings. The van der Waals surface area contributed by atoms with Gasteiger partial charge < -0.3 is 14.4 Å². The fourth-order valence-electron chi connectivity index (χ4n) is 3.18. The van der Waals surface area contributed by atoms with Crippen LogP contribution >= 0.6 is 0 Å². The number of carbonyl (C=O) groups is 1. The van der Waals surface area contributed by atoms with Crippen molar-refractivity contribution in [3.63, 3.8) is 0 Å². The molecule has 2 rings (SSSR count). The first kappa shape index (κ1) is 19.7. The molecule has 1 aromatic carbocycles. The lowest BCUT2D eigenvalue weighted by atomic mass is 10.1. The summed E-state index contributed by atoms with van der Waals surface area (Å²) in [6, 6.07) is 10.7. The number of rotatable bonds is 6. The Hall–Kier alpha value is -1.59. The number of piperazine rings is 1. The molecular formula is C20H32N2O3. The summed E-state index contributed by atoms with van der Waals surface area (Å²) in [4.78, 5) is 16.9. The van der Waals surface area contributed by atoms with Crippen LogP contribution in [0.1, 0.15) is 39.2 Å². The summed E-state index contributed by atoms with van der Waals surface area (Å²) in [6.07, 6.45) is 1.67. The number of carbonyl (C=O) groups excluding carboxylic acids is 1. The Morgan fingerprint density at radius 3 is 2.56 bits per heavy atom. The number of ether oxygens (including phenoxy) is 2. The van der Waals surface area contributed by atoms with Crippen LogP contribution in [0, 0.1) is 0 Å². The molecule has 0 saturated carbocycles. The predicted molar refractivity (Wildman–Crippen MR) is 99.6 cm³/mol. The average molecular weight is 348 g/mol. The second-order valence-electron chi connectivity index (χ2n) is 7.68. The zero-order valence-electron chi connectivity index (χ0n) is 16.0. The molecule has 5 nitrogen and oxygen atoms in total. The first-order valence-electron chi connectivity index (χ1n) is 9.14. The highest BCUT2D eigenvalue weighted by molar-refractivity contribution is 5.68. The Morgan fingerprint density at radius 1 is 1.20 bits per heavy atom. The van der Waals surface area contributed by atoms with Gasteiger partial charge in [-0.25, -0.2) is 4.79 Å². The summed E-state index contributed by atoms with van der Waals surface area (Å²) in [5.41, 5.74) is 0.846. The summed E-state index contributed by atoms with van der Waals surface area (Å²) in [6.45, 7) is 9.83. The first-order chi connectivity index (χ1) is 11.9. The molecule has 0 N–H and O–H groups in total. The van der Waals surface area contributed by atoms with E-state index in [-0.39, 0.29) is 12.1 Å². The highest BCUT2D eigenvalue weighted by atomic mass is 16.6. The lowest BCUT2D eigenvalue weighted by molar-refractivity contribution is -0.00502. The molecule has 140 valence electrons. The zero-order valence-corrected chi connectivity index (χ0v) is 16.0. The van der Waals surface area contributed by atoms with Gasteiger partial charge >= 0.3 is 6.09 Å². The van der Waals surface area contributed by atoms with Gasteiger partial charge in [0.1, 0.15) is 5.60 Å². The number of amides is 1. The third-order valence-corrected chi connectivity index (χ3v) is 4.33. The van der Waals surface area contributed by atoms with Crippen LogP contribution in [0.5, 0.6) is 0 Å². The maximum absolute atomic E-state index is 12.6. The second kappa shape index (κ2) is 9.20. The summed E-state index contributed by atoms with van der Waals surface area (Å²) >= 11 is 0. The van der Waals surface area contributed by atoms with Crippen molar-refractivity contribution in [2.45, 2.75) is 51.8 Å². The fraction of sp³-hybridized carbons (Fsp3) is 0.650. The standard InChI is InChI=1S/C20H32N2O3/c1-20(2,3)25-19(23)22-13-12-21(15-17-9-6-5-7-10-17)16-18(22)11-8-14-24-4/h5-7,9-10,18H,8,11-16H2,1-4H3. The Balaban J connectivity index is 1.99. The van der Waals surface area contributed by atoms with E-state index in [9.17, 15) is 4.79 Å². The molecule has 1 saturated heterocycles. The van der Waals surface area contributed by atoms with Gasteiger partial charge in [0, 0.05) is 45.9 Å². The van der Waals surface area contributed by atoms with E-state index in [2.05, 4.69) is 29.2 Å². The predicted octanol–water partition coefficient (Wildman–Crippen LogP) is 3.53. The van der Waals surface area contributed by atoms with E-state index in [1.165, 1.54) is 5.56 Å².